The second-order valence-electron chi connectivity index (χ2n) is 3.49. The van der Waals surface area contributed by atoms with Crippen LogP contribution < -0.4 is 5.32 Å². The Hall–Kier alpha value is -0.120. The maximum atomic E-state index is 9.58. The van der Waals surface area contributed by atoms with Gasteiger partial charge in [0.25, 0.3) is 0 Å². The van der Waals surface area contributed by atoms with Gasteiger partial charge in [0.2, 0.25) is 0 Å². The summed E-state index contributed by atoms with van der Waals surface area (Å²) in [6, 6.07) is 0.0637. The minimum atomic E-state index is -0.302. The van der Waals surface area contributed by atoms with Crippen molar-refractivity contribution in [1.29, 1.82) is 0 Å². The molecule has 1 saturated carbocycles. The number of nitrogens with one attached hydrogen (secondary N) is 1. The molecule has 1 aliphatic carbocycles. The molecule has 66 valence electrons. The van der Waals surface area contributed by atoms with Crippen LogP contribution in [-0.2, 0) is 0 Å². The summed E-state index contributed by atoms with van der Waals surface area (Å²) in [6.45, 7) is 1.97. The molecule has 11 heavy (non-hydrogen) atoms. The van der Waals surface area contributed by atoms with Gasteiger partial charge in [0.15, 0.2) is 0 Å². The molecule has 4 atom stereocenters. The Bertz CT molecular complexity index is 129. The monoisotopic (exact) mass is 159 g/mol. The van der Waals surface area contributed by atoms with E-state index in [-0.39, 0.29) is 24.2 Å². The van der Waals surface area contributed by atoms with Crippen LogP contribution in [-0.4, -0.2) is 35.5 Å². The lowest BCUT2D eigenvalue weighted by atomic mass is 9.82. The summed E-state index contributed by atoms with van der Waals surface area (Å²) in [7, 11) is 1.82. The predicted octanol–water partition coefficient (Wildman–Crippen LogP) is -0.274. The smallest absolute Gasteiger partial charge is 0.0720 e. The van der Waals surface area contributed by atoms with Crippen LogP contribution in [0.15, 0.2) is 0 Å². The Kier molecular flexibility index (Phi) is 2.87. The third kappa shape index (κ3) is 1.92. The molecule has 1 rings (SSSR count). The van der Waals surface area contributed by atoms with Gasteiger partial charge in [-0.2, -0.15) is 0 Å². The molecular weight excluding hydrogens is 142 g/mol. The topological polar surface area (TPSA) is 52.5 Å². The molecule has 0 aromatic carbocycles. The van der Waals surface area contributed by atoms with Crippen LogP contribution in [0.1, 0.15) is 19.8 Å². The van der Waals surface area contributed by atoms with Crippen molar-refractivity contribution in [1.82, 2.24) is 5.32 Å². The van der Waals surface area contributed by atoms with Crippen LogP contribution in [0.5, 0.6) is 0 Å². The van der Waals surface area contributed by atoms with Crippen molar-refractivity contribution >= 4 is 0 Å². The fourth-order valence-electron chi connectivity index (χ4n) is 1.78. The Balaban J connectivity index is 2.51. The number of aliphatic hydroxyl groups is 2. The SMILES string of the molecule is CNC1CC(O)CC(C)C1O. The van der Waals surface area contributed by atoms with Gasteiger partial charge in [0.05, 0.1) is 12.2 Å². The van der Waals surface area contributed by atoms with Gasteiger partial charge in [-0.25, -0.2) is 0 Å². The standard InChI is InChI=1S/C8H17NO2/c1-5-3-6(10)4-7(9-2)8(5)11/h5-11H,3-4H2,1-2H3. The second kappa shape index (κ2) is 3.52. The fraction of sp³-hybridized carbons (Fsp3) is 1.00. The van der Waals surface area contributed by atoms with E-state index in [4.69, 9.17) is 0 Å². The molecule has 3 nitrogen and oxygen atoms in total. The molecular formula is C8H17NO2. The van der Waals surface area contributed by atoms with E-state index in [2.05, 4.69) is 5.32 Å². The van der Waals surface area contributed by atoms with Crippen LogP contribution in [0.25, 0.3) is 0 Å². The molecule has 0 amide bonds. The largest absolute Gasteiger partial charge is 0.393 e. The molecule has 3 heteroatoms. The molecule has 0 saturated heterocycles. The van der Waals surface area contributed by atoms with Crippen molar-refractivity contribution in [2.45, 2.75) is 38.0 Å². The van der Waals surface area contributed by atoms with Crippen molar-refractivity contribution < 1.29 is 10.2 Å². The van der Waals surface area contributed by atoms with Gasteiger partial charge in [-0.1, -0.05) is 6.92 Å². The molecule has 1 aliphatic rings. The normalized spacial score (nSPS) is 45.8. The van der Waals surface area contributed by atoms with E-state index in [9.17, 15) is 10.2 Å². The van der Waals surface area contributed by atoms with Crippen LogP contribution in [0.4, 0.5) is 0 Å². The highest BCUT2D eigenvalue weighted by Gasteiger charge is 2.32. The highest BCUT2D eigenvalue weighted by molar-refractivity contribution is 4.87. The predicted molar refractivity (Wildman–Crippen MR) is 43.3 cm³/mol. The van der Waals surface area contributed by atoms with E-state index in [0.29, 0.717) is 6.42 Å². The minimum absolute atomic E-state index is 0.0637. The summed E-state index contributed by atoms with van der Waals surface area (Å²) in [5, 5.41) is 21.9. The first-order valence-corrected chi connectivity index (χ1v) is 4.18. The van der Waals surface area contributed by atoms with Crippen molar-refractivity contribution in [3.05, 3.63) is 0 Å². The molecule has 1 fully saturated rings. The first-order valence-electron chi connectivity index (χ1n) is 4.18. The molecule has 0 aromatic rings. The van der Waals surface area contributed by atoms with Crippen LogP contribution in [0.3, 0.4) is 0 Å². The number of hydrogen-bond acceptors (Lipinski definition) is 3. The summed E-state index contributed by atoms with van der Waals surface area (Å²) in [5.41, 5.74) is 0. The fourth-order valence-corrected chi connectivity index (χ4v) is 1.78. The van der Waals surface area contributed by atoms with Gasteiger partial charge in [-0.15, -0.1) is 0 Å². The second-order valence-corrected chi connectivity index (χ2v) is 3.49. The molecule has 0 aliphatic heterocycles. The Labute approximate surface area is 67.4 Å². The molecule has 0 bridgehead atoms. The summed E-state index contributed by atoms with van der Waals surface area (Å²) >= 11 is 0. The van der Waals surface area contributed by atoms with Crippen molar-refractivity contribution in [3.8, 4) is 0 Å². The molecule has 4 unspecified atom stereocenters. The summed E-state index contributed by atoms with van der Waals surface area (Å²) in [5.74, 6) is 0.205. The van der Waals surface area contributed by atoms with Crippen LogP contribution >= 0.6 is 0 Å². The van der Waals surface area contributed by atoms with E-state index in [1.165, 1.54) is 0 Å². The summed E-state index contributed by atoms with van der Waals surface area (Å²) in [4.78, 5) is 0. The lowest BCUT2D eigenvalue weighted by Gasteiger charge is -2.35. The van der Waals surface area contributed by atoms with E-state index < -0.39 is 0 Å². The maximum Gasteiger partial charge on any atom is 0.0720 e. The number of aliphatic hydroxyl groups excluding tert-OH is 2. The first kappa shape index (κ1) is 8.97. The van der Waals surface area contributed by atoms with Gasteiger partial charge in [-0.05, 0) is 25.8 Å². The molecule has 3 N–H and O–H groups in total. The van der Waals surface area contributed by atoms with Crippen molar-refractivity contribution in [2.24, 2.45) is 5.92 Å². The minimum Gasteiger partial charge on any atom is -0.393 e. The zero-order chi connectivity index (χ0) is 8.43. The number of hydrogen-bond donors (Lipinski definition) is 3. The third-order valence-corrected chi connectivity index (χ3v) is 2.54. The van der Waals surface area contributed by atoms with Gasteiger partial charge < -0.3 is 15.5 Å². The maximum absolute atomic E-state index is 9.58. The quantitative estimate of drug-likeness (QED) is 0.493. The Morgan fingerprint density at radius 3 is 2.45 bits per heavy atom. The van der Waals surface area contributed by atoms with E-state index in [1.54, 1.807) is 0 Å². The summed E-state index contributed by atoms with van der Waals surface area (Å²) < 4.78 is 0. The highest BCUT2D eigenvalue weighted by Crippen LogP contribution is 2.24. The van der Waals surface area contributed by atoms with Gasteiger partial charge in [0.1, 0.15) is 0 Å². The highest BCUT2D eigenvalue weighted by atomic mass is 16.3. The van der Waals surface area contributed by atoms with Crippen LogP contribution in [0.2, 0.25) is 0 Å². The van der Waals surface area contributed by atoms with Crippen molar-refractivity contribution in [3.63, 3.8) is 0 Å². The first-order chi connectivity index (χ1) is 5.15. The molecule has 0 aromatic heterocycles. The molecule has 0 spiro atoms. The third-order valence-electron chi connectivity index (χ3n) is 2.54. The van der Waals surface area contributed by atoms with E-state index >= 15 is 0 Å². The van der Waals surface area contributed by atoms with Gasteiger partial charge in [0, 0.05) is 6.04 Å². The number of rotatable bonds is 1. The van der Waals surface area contributed by atoms with Crippen molar-refractivity contribution in [2.75, 3.05) is 7.05 Å². The Morgan fingerprint density at radius 1 is 1.27 bits per heavy atom. The lowest BCUT2D eigenvalue weighted by Crippen LogP contribution is -2.48. The zero-order valence-corrected chi connectivity index (χ0v) is 7.12. The van der Waals surface area contributed by atoms with E-state index in [0.717, 1.165) is 6.42 Å². The average Bonchev–Trinajstić information content (AvgIpc) is 1.96. The van der Waals surface area contributed by atoms with Crippen LogP contribution in [0, 0.1) is 5.92 Å². The Morgan fingerprint density at radius 2 is 1.91 bits per heavy atom. The van der Waals surface area contributed by atoms with Gasteiger partial charge in [-0.3, -0.25) is 0 Å². The summed E-state index contributed by atoms with van der Waals surface area (Å²) in [6.07, 6.45) is 0.843. The lowest BCUT2D eigenvalue weighted by molar-refractivity contribution is -0.00989. The van der Waals surface area contributed by atoms with E-state index in [1.807, 2.05) is 14.0 Å². The zero-order valence-electron chi connectivity index (χ0n) is 7.12. The molecule has 0 heterocycles. The number of likely N-dealkylation sites (N-methyl/N-ethyl adjacent to an activating group) is 1. The molecule has 0 radical (unpaired) electrons. The average molecular weight is 159 g/mol. The van der Waals surface area contributed by atoms with Gasteiger partial charge >= 0.3 is 0 Å².